The molecule has 0 saturated heterocycles. The summed E-state index contributed by atoms with van der Waals surface area (Å²) in [6.45, 7) is 1.03. The molecule has 108 valence electrons. The SMILES string of the molecule is CN(C)Cc1ccc(C(=O)NCC2(C(=O)O)CC2)cc1. The van der Waals surface area contributed by atoms with Gasteiger partial charge in [0.05, 0.1) is 5.41 Å². The summed E-state index contributed by atoms with van der Waals surface area (Å²) < 4.78 is 0. The minimum absolute atomic E-state index is 0.209. The van der Waals surface area contributed by atoms with Gasteiger partial charge in [-0.1, -0.05) is 12.1 Å². The molecule has 1 amide bonds. The van der Waals surface area contributed by atoms with Crippen LogP contribution in [0.5, 0.6) is 0 Å². The van der Waals surface area contributed by atoms with Crippen LogP contribution >= 0.6 is 0 Å². The van der Waals surface area contributed by atoms with Gasteiger partial charge >= 0.3 is 5.97 Å². The van der Waals surface area contributed by atoms with Crippen molar-refractivity contribution >= 4 is 11.9 Å². The third kappa shape index (κ3) is 3.36. The highest BCUT2D eigenvalue weighted by Crippen LogP contribution is 2.45. The molecule has 0 spiro atoms. The zero-order valence-electron chi connectivity index (χ0n) is 11.8. The maximum Gasteiger partial charge on any atom is 0.311 e. The maximum atomic E-state index is 12.0. The predicted octanol–water partition coefficient (Wildman–Crippen LogP) is 1.34. The number of nitrogens with zero attached hydrogens (tertiary/aromatic N) is 1. The molecule has 0 bridgehead atoms. The van der Waals surface area contributed by atoms with E-state index in [0.717, 1.165) is 12.1 Å². The van der Waals surface area contributed by atoms with E-state index in [9.17, 15) is 9.59 Å². The molecule has 0 aliphatic heterocycles. The molecule has 0 aromatic heterocycles. The third-order valence-corrected chi connectivity index (χ3v) is 3.61. The Morgan fingerprint density at radius 2 is 1.85 bits per heavy atom. The molecule has 1 aromatic rings. The fraction of sp³-hybridized carbons (Fsp3) is 0.467. The Labute approximate surface area is 118 Å². The van der Waals surface area contributed by atoms with Crippen LogP contribution in [0, 0.1) is 5.41 Å². The van der Waals surface area contributed by atoms with E-state index in [1.54, 1.807) is 12.1 Å². The van der Waals surface area contributed by atoms with E-state index in [0.29, 0.717) is 18.4 Å². The summed E-state index contributed by atoms with van der Waals surface area (Å²) in [7, 11) is 3.98. The summed E-state index contributed by atoms with van der Waals surface area (Å²) in [6.07, 6.45) is 1.29. The largest absolute Gasteiger partial charge is 0.481 e. The number of benzene rings is 1. The first-order valence-electron chi connectivity index (χ1n) is 6.68. The predicted molar refractivity (Wildman–Crippen MR) is 75.5 cm³/mol. The van der Waals surface area contributed by atoms with E-state index in [4.69, 9.17) is 5.11 Å². The van der Waals surface area contributed by atoms with E-state index in [1.165, 1.54) is 0 Å². The number of carbonyl (C=O) groups excluding carboxylic acids is 1. The van der Waals surface area contributed by atoms with Crippen LogP contribution < -0.4 is 5.32 Å². The molecule has 5 heteroatoms. The molecule has 5 nitrogen and oxygen atoms in total. The molecular formula is C15H20N2O3. The van der Waals surface area contributed by atoms with Crippen LogP contribution in [-0.2, 0) is 11.3 Å². The molecule has 20 heavy (non-hydrogen) atoms. The molecule has 0 radical (unpaired) electrons. The van der Waals surface area contributed by atoms with Crippen LogP contribution in [0.25, 0.3) is 0 Å². The maximum absolute atomic E-state index is 12.0. The summed E-state index contributed by atoms with van der Waals surface area (Å²) in [5, 5.41) is 11.8. The molecule has 1 saturated carbocycles. The number of carboxylic acids is 1. The van der Waals surface area contributed by atoms with Gasteiger partial charge in [0.1, 0.15) is 0 Å². The Bertz CT molecular complexity index is 504. The lowest BCUT2D eigenvalue weighted by atomic mass is 10.1. The van der Waals surface area contributed by atoms with Crippen molar-refractivity contribution in [3.63, 3.8) is 0 Å². The van der Waals surface area contributed by atoms with E-state index in [1.807, 2.05) is 26.2 Å². The van der Waals surface area contributed by atoms with Crippen molar-refractivity contribution in [3.8, 4) is 0 Å². The minimum Gasteiger partial charge on any atom is -0.481 e. The topological polar surface area (TPSA) is 69.6 Å². The average Bonchev–Trinajstić information content (AvgIpc) is 3.17. The van der Waals surface area contributed by atoms with Crippen LogP contribution in [0.15, 0.2) is 24.3 Å². The van der Waals surface area contributed by atoms with Gasteiger partial charge in [-0.2, -0.15) is 0 Å². The zero-order chi connectivity index (χ0) is 14.8. The van der Waals surface area contributed by atoms with Gasteiger partial charge in [0.15, 0.2) is 0 Å². The van der Waals surface area contributed by atoms with E-state index >= 15 is 0 Å². The number of carboxylic acid groups (broad SMARTS) is 1. The van der Waals surface area contributed by atoms with E-state index in [2.05, 4.69) is 10.2 Å². The second kappa shape index (κ2) is 5.63. The van der Waals surface area contributed by atoms with Crippen LogP contribution in [0.4, 0.5) is 0 Å². The van der Waals surface area contributed by atoms with Crippen LogP contribution in [-0.4, -0.2) is 42.5 Å². The molecule has 0 heterocycles. The van der Waals surface area contributed by atoms with Crippen LogP contribution in [0.2, 0.25) is 0 Å². The van der Waals surface area contributed by atoms with Gasteiger partial charge in [-0.3, -0.25) is 9.59 Å². The Kier molecular flexibility index (Phi) is 4.09. The fourth-order valence-corrected chi connectivity index (χ4v) is 2.10. The number of aliphatic carboxylic acids is 1. The molecule has 2 N–H and O–H groups in total. The molecule has 1 aliphatic carbocycles. The van der Waals surface area contributed by atoms with Gasteiger partial charge in [-0.25, -0.2) is 0 Å². The first-order chi connectivity index (χ1) is 9.43. The quantitative estimate of drug-likeness (QED) is 0.822. The van der Waals surface area contributed by atoms with Gasteiger partial charge in [-0.15, -0.1) is 0 Å². The number of nitrogens with one attached hydrogen (secondary N) is 1. The van der Waals surface area contributed by atoms with Crippen molar-refractivity contribution in [2.75, 3.05) is 20.6 Å². The van der Waals surface area contributed by atoms with Gasteiger partial charge in [0.25, 0.3) is 5.91 Å². The highest BCUT2D eigenvalue weighted by atomic mass is 16.4. The Morgan fingerprint density at radius 1 is 1.25 bits per heavy atom. The van der Waals surface area contributed by atoms with Gasteiger partial charge < -0.3 is 15.3 Å². The van der Waals surface area contributed by atoms with Gasteiger partial charge in [0, 0.05) is 18.7 Å². The second-order valence-electron chi connectivity index (χ2n) is 5.70. The normalized spacial score (nSPS) is 15.9. The van der Waals surface area contributed by atoms with Crippen molar-refractivity contribution < 1.29 is 14.7 Å². The standard InChI is InChI=1S/C15H20N2O3/c1-17(2)9-11-3-5-12(6-4-11)13(18)16-10-15(7-8-15)14(19)20/h3-6H,7-10H2,1-2H3,(H,16,18)(H,19,20). The summed E-state index contributed by atoms with van der Waals surface area (Å²) in [5.41, 5.74) is 0.977. The molecule has 0 atom stereocenters. The first-order valence-corrected chi connectivity index (χ1v) is 6.68. The summed E-state index contributed by atoms with van der Waals surface area (Å²) >= 11 is 0. The summed E-state index contributed by atoms with van der Waals surface area (Å²) in [4.78, 5) is 25.0. The zero-order valence-corrected chi connectivity index (χ0v) is 11.8. The first kappa shape index (κ1) is 14.5. The third-order valence-electron chi connectivity index (χ3n) is 3.61. The number of rotatable bonds is 6. The molecule has 2 rings (SSSR count). The Morgan fingerprint density at radius 3 is 2.30 bits per heavy atom. The highest BCUT2D eigenvalue weighted by Gasteiger charge is 2.50. The Hall–Kier alpha value is -1.88. The molecular weight excluding hydrogens is 256 g/mol. The van der Waals surface area contributed by atoms with E-state index in [-0.39, 0.29) is 12.5 Å². The van der Waals surface area contributed by atoms with Crippen LogP contribution in [0.3, 0.4) is 0 Å². The minimum atomic E-state index is -0.820. The Balaban J connectivity index is 1.91. The van der Waals surface area contributed by atoms with Crippen molar-refractivity contribution in [3.05, 3.63) is 35.4 Å². The van der Waals surface area contributed by atoms with Crippen molar-refractivity contribution in [1.29, 1.82) is 0 Å². The van der Waals surface area contributed by atoms with Crippen molar-refractivity contribution in [1.82, 2.24) is 10.2 Å². The van der Waals surface area contributed by atoms with E-state index < -0.39 is 11.4 Å². The second-order valence-corrected chi connectivity index (χ2v) is 5.70. The van der Waals surface area contributed by atoms with Crippen molar-refractivity contribution in [2.45, 2.75) is 19.4 Å². The smallest absolute Gasteiger partial charge is 0.311 e. The van der Waals surface area contributed by atoms with Crippen LogP contribution in [0.1, 0.15) is 28.8 Å². The lowest BCUT2D eigenvalue weighted by Gasteiger charge is -2.12. The number of hydrogen-bond acceptors (Lipinski definition) is 3. The highest BCUT2D eigenvalue weighted by molar-refractivity contribution is 5.94. The average molecular weight is 276 g/mol. The number of amides is 1. The molecule has 1 aromatic carbocycles. The lowest BCUT2D eigenvalue weighted by Crippen LogP contribution is -2.34. The van der Waals surface area contributed by atoms with Crippen molar-refractivity contribution in [2.24, 2.45) is 5.41 Å². The lowest BCUT2D eigenvalue weighted by molar-refractivity contribution is -0.143. The van der Waals surface area contributed by atoms with Gasteiger partial charge in [0.2, 0.25) is 0 Å². The summed E-state index contributed by atoms with van der Waals surface area (Å²) in [6, 6.07) is 7.38. The fourth-order valence-electron chi connectivity index (χ4n) is 2.10. The molecule has 0 unspecified atom stereocenters. The number of carbonyl (C=O) groups is 2. The molecule has 1 fully saturated rings. The van der Waals surface area contributed by atoms with Gasteiger partial charge in [-0.05, 0) is 44.6 Å². The monoisotopic (exact) mass is 276 g/mol. The summed E-state index contributed by atoms with van der Waals surface area (Å²) in [5.74, 6) is -1.03. The molecule has 1 aliphatic rings. The number of hydrogen-bond donors (Lipinski definition) is 2.